The van der Waals surface area contributed by atoms with E-state index in [1.54, 1.807) is 14.2 Å². The number of benzene rings is 1. The summed E-state index contributed by atoms with van der Waals surface area (Å²) in [6, 6.07) is 1.92. The molecule has 0 aliphatic carbocycles. The molecule has 0 saturated carbocycles. The first kappa shape index (κ1) is 14.1. The van der Waals surface area contributed by atoms with Crippen molar-refractivity contribution in [1.82, 2.24) is 0 Å². The lowest BCUT2D eigenvalue weighted by molar-refractivity contribution is 0.141. The Morgan fingerprint density at radius 1 is 1.29 bits per heavy atom. The van der Waals surface area contributed by atoms with Gasteiger partial charge in [0.15, 0.2) is 11.5 Å². The lowest BCUT2D eigenvalue weighted by Gasteiger charge is -2.16. The van der Waals surface area contributed by atoms with Gasteiger partial charge in [0.1, 0.15) is 0 Å². The minimum absolute atomic E-state index is 0.443. The summed E-state index contributed by atoms with van der Waals surface area (Å²) in [4.78, 5) is 4.60. The molecule has 0 saturated heterocycles. The summed E-state index contributed by atoms with van der Waals surface area (Å²) in [7, 11) is 3.16. The Hall–Kier alpha value is -0.970. The molecule has 0 fully saturated rings. The smallest absolute Gasteiger partial charge is 0.179 e. The van der Waals surface area contributed by atoms with Gasteiger partial charge < -0.3 is 14.3 Å². The minimum atomic E-state index is 0.443. The number of hydrogen-bond acceptors (Lipinski definition) is 4. The Bertz CT molecular complexity index is 383. The molecule has 1 aromatic carbocycles. The highest BCUT2D eigenvalue weighted by Crippen LogP contribution is 2.39. The molecule has 0 aliphatic rings. The Labute approximate surface area is 107 Å². The highest BCUT2D eigenvalue weighted by Gasteiger charge is 2.16. The summed E-state index contributed by atoms with van der Waals surface area (Å²) >= 11 is 6.30. The number of methoxy groups -OCH3 is 2. The molecule has 0 heterocycles. The largest absolute Gasteiger partial charge is 0.493 e. The molecule has 1 aromatic rings. The highest BCUT2D eigenvalue weighted by atomic mass is 35.5. The zero-order valence-electron chi connectivity index (χ0n) is 10.4. The minimum Gasteiger partial charge on any atom is -0.493 e. The van der Waals surface area contributed by atoms with Crippen LogP contribution in [0.4, 0.5) is 0 Å². The van der Waals surface area contributed by atoms with Crippen molar-refractivity contribution >= 4 is 11.6 Å². The monoisotopic (exact) mass is 259 g/mol. The van der Waals surface area contributed by atoms with E-state index in [9.17, 15) is 0 Å². The van der Waals surface area contributed by atoms with Gasteiger partial charge in [-0.2, -0.15) is 0 Å². The van der Waals surface area contributed by atoms with Crippen LogP contribution in [0, 0.1) is 0 Å². The number of hydrogen-bond donors (Lipinski definition) is 1. The molecule has 2 N–H and O–H groups in total. The molecule has 4 nitrogen and oxygen atoms in total. The van der Waals surface area contributed by atoms with E-state index in [1.807, 2.05) is 13.0 Å². The van der Waals surface area contributed by atoms with Gasteiger partial charge in [-0.15, -0.1) is 0 Å². The molecule has 0 spiro atoms. The van der Waals surface area contributed by atoms with E-state index < -0.39 is 0 Å². The SMILES string of the molecule is CCc1c(CCON)cc(OC)c(OC)c1Cl. The standard InChI is InChI=1S/C12H18ClNO3/c1-4-9-8(5-6-17-14)7-10(15-2)12(16-3)11(9)13/h7H,4-6,14H2,1-3H3. The fourth-order valence-electron chi connectivity index (χ4n) is 1.81. The van der Waals surface area contributed by atoms with E-state index in [1.165, 1.54) is 0 Å². The third-order valence-electron chi connectivity index (χ3n) is 2.65. The van der Waals surface area contributed by atoms with Crippen LogP contribution in [-0.4, -0.2) is 20.8 Å². The molecule has 0 bridgehead atoms. The highest BCUT2D eigenvalue weighted by molar-refractivity contribution is 6.33. The second kappa shape index (κ2) is 6.69. The van der Waals surface area contributed by atoms with Gasteiger partial charge in [0.25, 0.3) is 0 Å². The van der Waals surface area contributed by atoms with Gasteiger partial charge in [-0.05, 0) is 30.0 Å². The normalized spacial score (nSPS) is 10.4. The topological polar surface area (TPSA) is 53.7 Å². The van der Waals surface area contributed by atoms with Gasteiger partial charge in [0, 0.05) is 0 Å². The molecule has 0 aliphatic heterocycles. The molecule has 0 radical (unpaired) electrons. The van der Waals surface area contributed by atoms with E-state index in [-0.39, 0.29) is 0 Å². The number of rotatable bonds is 6. The number of nitrogens with two attached hydrogens (primary N) is 1. The Morgan fingerprint density at radius 2 is 2.00 bits per heavy atom. The summed E-state index contributed by atoms with van der Waals surface area (Å²) in [5.74, 6) is 6.24. The van der Waals surface area contributed by atoms with Crippen LogP contribution in [0.5, 0.6) is 11.5 Å². The van der Waals surface area contributed by atoms with E-state index in [2.05, 4.69) is 4.84 Å². The predicted octanol–water partition coefficient (Wildman–Crippen LogP) is 2.35. The van der Waals surface area contributed by atoms with Gasteiger partial charge >= 0.3 is 0 Å². The summed E-state index contributed by atoms with van der Waals surface area (Å²) in [6.07, 6.45) is 1.51. The van der Waals surface area contributed by atoms with Crippen LogP contribution >= 0.6 is 11.6 Å². The van der Waals surface area contributed by atoms with Gasteiger partial charge in [0.2, 0.25) is 0 Å². The van der Waals surface area contributed by atoms with Crippen molar-refractivity contribution in [2.75, 3.05) is 20.8 Å². The number of halogens is 1. The second-order valence-electron chi connectivity index (χ2n) is 3.54. The van der Waals surface area contributed by atoms with Crippen LogP contribution in [-0.2, 0) is 17.7 Å². The fraction of sp³-hybridized carbons (Fsp3) is 0.500. The molecule has 17 heavy (non-hydrogen) atoms. The van der Waals surface area contributed by atoms with Crippen molar-refractivity contribution < 1.29 is 14.3 Å². The van der Waals surface area contributed by atoms with Gasteiger partial charge in [-0.25, -0.2) is 5.90 Å². The van der Waals surface area contributed by atoms with Gasteiger partial charge in [-0.1, -0.05) is 18.5 Å². The van der Waals surface area contributed by atoms with Crippen molar-refractivity contribution in [1.29, 1.82) is 0 Å². The first-order chi connectivity index (χ1) is 8.19. The molecular weight excluding hydrogens is 242 g/mol. The first-order valence-electron chi connectivity index (χ1n) is 5.43. The molecule has 96 valence electrons. The second-order valence-corrected chi connectivity index (χ2v) is 3.92. The lowest BCUT2D eigenvalue weighted by atomic mass is 10.0. The van der Waals surface area contributed by atoms with Crippen molar-refractivity contribution in [2.45, 2.75) is 19.8 Å². The van der Waals surface area contributed by atoms with Crippen LogP contribution in [0.15, 0.2) is 6.07 Å². The molecule has 1 rings (SSSR count). The van der Waals surface area contributed by atoms with Crippen molar-refractivity contribution in [3.63, 3.8) is 0 Å². The quantitative estimate of drug-likeness (QED) is 0.797. The van der Waals surface area contributed by atoms with Crippen molar-refractivity contribution in [3.8, 4) is 11.5 Å². The molecule has 0 amide bonds. The lowest BCUT2D eigenvalue weighted by Crippen LogP contribution is -2.07. The van der Waals surface area contributed by atoms with Crippen molar-refractivity contribution in [3.05, 3.63) is 22.2 Å². The third-order valence-corrected chi connectivity index (χ3v) is 3.05. The fourth-order valence-corrected chi connectivity index (χ4v) is 2.24. The summed E-state index contributed by atoms with van der Waals surface area (Å²) in [5.41, 5.74) is 2.11. The maximum atomic E-state index is 6.30. The van der Waals surface area contributed by atoms with Crippen LogP contribution in [0.2, 0.25) is 5.02 Å². The van der Waals surface area contributed by atoms with E-state index in [4.69, 9.17) is 27.0 Å². The molecule has 0 atom stereocenters. The van der Waals surface area contributed by atoms with E-state index >= 15 is 0 Å². The Morgan fingerprint density at radius 3 is 2.47 bits per heavy atom. The van der Waals surface area contributed by atoms with Crippen LogP contribution in [0.3, 0.4) is 0 Å². The molecule has 5 heteroatoms. The first-order valence-corrected chi connectivity index (χ1v) is 5.81. The van der Waals surface area contributed by atoms with E-state index in [0.717, 1.165) is 17.5 Å². The number of ether oxygens (including phenoxy) is 2. The summed E-state index contributed by atoms with van der Waals surface area (Å²) in [6.45, 7) is 2.48. The molecule has 0 aromatic heterocycles. The molecule has 0 unspecified atom stereocenters. The average molecular weight is 260 g/mol. The zero-order chi connectivity index (χ0) is 12.8. The Balaban J connectivity index is 3.24. The zero-order valence-corrected chi connectivity index (χ0v) is 11.1. The van der Waals surface area contributed by atoms with Crippen LogP contribution in [0.25, 0.3) is 0 Å². The average Bonchev–Trinajstić information content (AvgIpc) is 2.35. The van der Waals surface area contributed by atoms with Gasteiger partial charge in [-0.3, -0.25) is 0 Å². The Kier molecular flexibility index (Phi) is 5.55. The summed E-state index contributed by atoms with van der Waals surface area (Å²) < 4.78 is 10.5. The van der Waals surface area contributed by atoms with Crippen molar-refractivity contribution in [2.24, 2.45) is 5.90 Å². The van der Waals surface area contributed by atoms with Crippen LogP contribution in [0.1, 0.15) is 18.1 Å². The van der Waals surface area contributed by atoms with Crippen LogP contribution < -0.4 is 15.4 Å². The van der Waals surface area contributed by atoms with Gasteiger partial charge in [0.05, 0.1) is 25.8 Å². The third kappa shape index (κ3) is 3.03. The maximum absolute atomic E-state index is 6.30. The molecular formula is C12H18ClNO3. The van der Waals surface area contributed by atoms with E-state index in [0.29, 0.717) is 29.5 Å². The predicted molar refractivity (Wildman–Crippen MR) is 67.8 cm³/mol. The maximum Gasteiger partial charge on any atom is 0.179 e. The summed E-state index contributed by atoms with van der Waals surface area (Å²) in [5, 5.41) is 0.598.